The monoisotopic (exact) mass is 307 g/mol. The lowest BCUT2D eigenvalue weighted by atomic mass is 10.1. The van der Waals surface area contributed by atoms with Gasteiger partial charge in [-0.2, -0.15) is 0 Å². The lowest BCUT2D eigenvalue weighted by molar-refractivity contribution is -0.0266. The van der Waals surface area contributed by atoms with Gasteiger partial charge in [0.05, 0.1) is 18.7 Å². The van der Waals surface area contributed by atoms with Crippen molar-refractivity contribution in [1.82, 2.24) is 14.9 Å². The van der Waals surface area contributed by atoms with Crippen LogP contribution in [0.15, 0.2) is 24.4 Å². The minimum atomic E-state index is -0.733. The smallest absolute Gasteiger partial charge is 0.257 e. The van der Waals surface area contributed by atoms with Crippen molar-refractivity contribution < 1.29 is 18.3 Å². The molecule has 0 unspecified atom stereocenters. The molecule has 0 spiro atoms. The largest absolute Gasteiger partial charge is 0.367 e. The number of hydrogen-bond donors (Lipinski definition) is 1. The predicted octanol–water partition coefficient (Wildman–Crippen LogP) is 2.21. The van der Waals surface area contributed by atoms with Gasteiger partial charge in [0, 0.05) is 18.4 Å². The first-order valence-electron chi connectivity index (χ1n) is 6.92. The van der Waals surface area contributed by atoms with Crippen LogP contribution in [0.2, 0.25) is 0 Å². The van der Waals surface area contributed by atoms with Gasteiger partial charge in [0.15, 0.2) is 0 Å². The molecule has 3 rings (SSSR count). The highest BCUT2D eigenvalue weighted by molar-refractivity contribution is 5.94. The Bertz CT molecular complexity index is 702. The minimum Gasteiger partial charge on any atom is -0.367 e. The molecule has 1 aliphatic heterocycles. The van der Waals surface area contributed by atoms with Crippen molar-refractivity contribution in [3.63, 3.8) is 0 Å². The number of nitrogens with zero attached hydrogens (tertiary/aromatic N) is 2. The second-order valence-corrected chi connectivity index (χ2v) is 5.19. The van der Waals surface area contributed by atoms with E-state index in [1.807, 2.05) is 6.92 Å². The maximum absolute atomic E-state index is 13.7. The lowest BCUT2D eigenvalue weighted by Gasteiger charge is -2.32. The summed E-state index contributed by atoms with van der Waals surface area (Å²) in [5.74, 6) is -1.30. The van der Waals surface area contributed by atoms with Gasteiger partial charge >= 0.3 is 0 Å². The van der Waals surface area contributed by atoms with E-state index in [2.05, 4.69) is 9.97 Å². The molecule has 1 aromatic heterocycles. The normalized spacial score (nSPS) is 18.5. The second kappa shape index (κ2) is 5.84. The predicted molar refractivity (Wildman–Crippen MR) is 74.3 cm³/mol. The number of hydrogen-bond acceptors (Lipinski definition) is 3. The first-order valence-corrected chi connectivity index (χ1v) is 6.92. The quantitative estimate of drug-likeness (QED) is 0.925. The zero-order valence-electron chi connectivity index (χ0n) is 12.0. The van der Waals surface area contributed by atoms with E-state index in [1.165, 1.54) is 4.90 Å². The van der Waals surface area contributed by atoms with Gasteiger partial charge in [-0.25, -0.2) is 13.8 Å². The van der Waals surface area contributed by atoms with Crippen LogP contribution < -0.4 is 0 Å². The van der Waals surface area contributed by atoms with Crippen LogP contribution in [0.1, 0.15) is 28.0 Å². The molecule has 0 bridgehead atoms. The van der Waals surface area contributed by atoms with Crippen molar-refractivity contribution in [3.05, 3.63) is 53.1 Å². The third-order valence-corrected chi connectivity index (χ3v) is 3.54. The fraction of sp³-hybridized carbons (Fsp3) is 0.333. The fourth-order valence-electron chi connectivity index (χ4n) is 2.43. The number of morpholine rings is 1. The molecule has 1 fully saturated rings. The molecule has 0 radical (unpaired) electrons. The van der Waals surface area contributed by atoms with Gasteiger partial charge in [-0.3, -0.25) is 4.79 Å². The molecule has 2 heterocycles. The van der Waals surface area contributed by atoms with E-state index in [0.29, 0.717) is 19.0 Å². The second-order valence-electron chi connectivity index (χ2n) is 5.19. The van der Waals surface area contributed by atoms with Gasteiger partial charge in [-0.15, -0.1) is 0 Å². The van der Waals surface area contributed by atoms with E-state index in [1.54, 1.807) is 6.20 Å². The van der Waals surface area contributed by atoms with E-state index in [9.17, 15) is 13.6 Å². The molecular weight excluding hydrogens is 292 g/mol. The summed E-state index contributed by atoms with van der Waals surface area (Å²) in [6, 6.07) is 2.86. The van der Waals surface area contributed by atoms with Crippen molar-refractivity contribution >= 4 is 5.91 Å². The summed E-state index contributed by atoms with van der Waals surface area (Å²) in [5, 5.41) is 0. The van der Waals surface area contributed by atoms with E-state index in [4.69, 9.17) is 4.74 Å². The Morgan fingerprint density at radius 3 is 3.00 bits per heavy atom. The Kier molecular flexibility index (Phi) is 3.89. The van der Waals surface area contributed by atoms with Gasteiger partial charge in [-0.1, -0.05) is 0 Å². The number of carbonyl (C=O) groups is 1. The third-order valence-electron chi connectivity index (χ3n) is 3.54. The maximum atomic E-state index is 13.7. The Balaban J connectivity index is 1.79. The molecule has 1 aliphatic rings. The zero-order valence-corrected chi connectivity index (χ0v) is 12.0. The Labute approximate surface area is 125 Å². The van der Waals surface area contributed by atoms with Gasteiger partial charge in [0.25, 0.3) is 5.91 Å². The molecule has 116 valence electrons. The summed E-state index contributed by atoms with van der Waals surface area (Å²) in [7, 11) is 0. The topological polar surface area (TPSA) is 58.2 Å². The Morgan fingerprint density at radius 1 is 1.45 bits per heavy atom. The molecule has 5 nitrogen and oxygen atoms in total. The number of aromatic nitrogens is 2. The van der Waals surface area contributed by atoms with Crippen LogP contribution >= 0.6 is 0 Å². The molecule has 1 aromatic carbocycles. The summed E-state index contributed by atoms with van der Waals surface area (Å²) >= 11 is 0. The lowest BCUT2D eigenvalue weighted by Crippen LogP contribution is -2.42. The molecule has 7 heteroatoms. The number of H-pyrrole nitrogens is 1. The molecular formula is C15H15F2N3O2. The highest BCUT2D eigenvalue weighted by atomic mass is 19.1. The number of benzene rings is 1. The Morgan fingerprint density at radius 2 is 2.27 bits per heavy atom. The van der Waals surface area contributed by atoms with Gasteiger partial charge < -0.3 is 14.6 Å². The van der Waals surface area contributed by atoms with Crippen molar-refractivity contribution in [2.24, 2.45) is 0 Å². The van der Waals surface area contributed by atoms with Crippen molar-refractivity contribution in [3.8, 4) is 0 Å². The summed E-state index contributed by atoms with van der Waals surface area (Å²) in [5.41, 5.74) is 0.620. The molecule has 1 atom stereocenters. The van der Waals surface area contributed by atoms with Crippen LogP contribution in [0.25, 0.3) is 0 Å². The van der Waals surface area contributed by atoms with Crippen LogP contribution in [0.3, 0.4) is 0 Å². The van der Waals surface area contributed by atoms with E-state index in [-0.39, 0.29) is 12.1 Å². The van der Waals surface area contributed by atoms with Crippen LogP contribution in [-0.2, 0) is 4.74 Å². The van der Waals surface area contributed by atoms with Crippen LogP contribution in [0, 0.1) is 18.6 Å². The number of rotatable bonds is 2. The van der Waals surface area contributed by atoms with Gasteiger partial charge in [-0.05, 0) is 25.1 Å². The summed E-state index contributed by atoms with van der Waals surface area (Å²) in [6.45, 7) is 2.74. The highest BCUT2D eigenvalue weighted by Gasteiger charge is 2.29. The number of aryl methyl sites for hydroxylation is 1. The van der Waals surface area contributed by atoms with Crippen LogP contribution in [-0.4, -0.2) is 40.5 Å². The number of amides is 1. The summed E-state index contributed by atoms with van der Waals surface area (Å²) < 4.78 is 32.6. The first kappa shape index (κ1) is 14.6. The maximum Gasteiger partial charge on any atom is 0.257 e. The average Bonchev–Trinajstić information content (AvgIpc) is 2.96. The van der Waals surface area contributed by atoms with Crippen LogP contribution in [0.5, 0.6) is 0 Å². The van der Waals surface area contributed by atoms with Gasteiger partial charge in [0.2, 0.25) is 0 Å². The molecule has 1 saturated heterocycles. The van der Waals surface area contributed by atoms with E-state index < -0.39 is 23.6 Å². The summed E-state index contributed by atoms with van der Waals surface area (Å²) in [4.78, 5) is 21.1. The van der Waals surface area contributed by atoms with Crippen molar-refractivity contribution in [2.45, 2.75) is 13.0 Å². The van der Waals surface area contributed by atoms with E-state index >= 15 is 0 Å². The molecule has 0 saturated carbocycles. The standard InChI is InChI=1S/C15H15F2N3O2/c1-9-7-18-14(19-9)13-8-20(4-5-22-13)15(21)11-6-10(16)2-3-12(11)17/h2-3,6-7,13H,4-5,8H2,1H3,(H,18,19)/t13-/m1/s1. The molecule has 22 heavy (non-hydrogen) atoms. The molecule has 0 aliphatic carbocycles. The Hall–Kier alpha value is -2.28. The number of nitrogens with one attached hydrogen (secondary N) is 1. The fourth-order valence-corrected chi connectivity index (χ4v) is 2.43. The van der Waals surface area contributed by atoms with E-state index in [0.717, 1.165) is 23.9 Å². The first-order chi connectivity index (χ1) is 10.5. The van der Waals surface area contributed by atoms with Crippen molar-refractivity contribution in [2.75, 3.05) is 19.7 Å². The third kappa shape index (κ3) is 2.85. The number of ether oxygens (including phenoxy) is 1. The van der Waals surface area contributed by atoms with Gasteiger partial charge in [0.1, 0.15) is 23.6 Å². The molecule has 2 aromatic rings. The number of halogens is 2. The molecule has 1 amide bonds. The van der Waals surface area contributed by atoms with Crippen LogP contribution in [0.4, 0.5) is 8.78 Å². The van der Waals surface area contributed by atoms with Crippen molar-refractivity contribution in [1.29, 1.82) is 0 Å². The number of aromatic amines is 1. The zero-order chi connectivity index (χ0) is 15.7. The highest BCUT2D eigenvalue weighted by Crippen LogP contribution is 2.22. The number of imidazole rings is 1. The molecule has 1 N–H and O–H groups in total. The number of carbonyl (C=O) groups excluding carboxylic acids is 1. The average molecular weight is 307 g/mol. The minimum absolute atomic E-state index is 0.238. The SMILES string of the molecule is Cc1cnc([C@H]2CN(C(=O)c3cc(F)ccc3F)CCO2)[nH]1. The summed E-state index contributed by atoms with van der Waals surface area (Å²) in [6.07, 6.45) is 1.27.